The second-order valence-electron chi connectivity index (χ2n) is 5.66. The number of aryl methyl sites for hydroxylation is 1. The molecule has 0 bridgehead atoms. The van der Waals surface area contributed by atoms with Crippen LogP contribution >= 0.6 is 11.6 Å². The highest BCUT2D eigenvalue weighted by molar-refractivity contribution is 6.30. The van der Waals surface area contributed by atoms with Crippen molar-refractivity contribution < 1.29 is 10.5 Å². The Morgan fingerprint density at radius 2 is 1.92 bits per heavy atom. The first-order valence-corrected chi connectivity index (χ1v) is 8.33. The molecule has 0 saturated heterocycles. The Morgan fingerprint density at radius 1 is 1.16 bits per heavy atom. The average molecular weight is 357 g/mol. The molecule has 2 aromatic carbocycles. The van der Waals surface area contributed by atoms with Crippen LogP contribution in [0.3, 0.4) is 0 Å². The molecular formula is C18H19ClN5O+. The Hall–Kier alpha value is -2.70. The van der Waals surface area contributed by atoms with Gasteiger partial charge in [-0.25, -0.2) is 9.97 Å². The van der Waals surface area contributed by atoms with Crippen LogP contribution in [-0.2, 0) is 0 Å². The molecule has 25 heavy (non-hydrogen) atoms. The van der Waals surface area contributed by atoms with Gasteiger partial charge in [-0.15, -0.1) is 0 Å². The number of anilines is 2. The van der Waals surface area contributed by atoms with Crippen LogP contribution in [0.1, 0.15) is 16.2 Å². The zero-order valence-corrected chi connectivity index (χ0v) is 14.6. The summed E-state index contributed by atoms with van der Waals surface area (Å²) in [5.74, 6) is 0.374. The predicted octanol–water partition coefficient (Wildman–Crippen LogP) is 2.50. The molecule has 7 heteroatoms. The van der Waals surface area contributed by atoms with Crippen LogP contribution in [0, 0.1) is 6.92 Å². The number of carbonyl (C=O) groups is 1. The maximum Gasteiger partial charge on any atom is 0.293 e. The molecule has 1 amide bonds. The summed E-state index contributed by atoms with van der Waals surface area (Å²) < 4.78 is 0. The zero-order valence-electron chi connectivity index (χ0n) is 13.8. The van der Waals surface area contributed by atoms with Crippen molar-refractivity contribution in [3.8, 4) is 0 Å². The Labute approximate surface area is 150 Å². The van der Waals surface area contributed by atoms with E-state index in [1.165, 1.54) is 0 Å². The number of amides is 1. The number of quaternary nitrogens is 1. The van der Waals surface area contributed by atoms with E-state index in [4.69, 9.17) is 11.6 Å². The van der Waals surface area contributed by atoms with Gasteiger partial charge in [0.25, 0.3) is 5.91 Å². The van der Waals surface area contributed by atoms with Crippen LogP contribution < -0.4 is 16.4 Å². The van der Waals surface area contributed by atoms with E-state index in [0.717, 1.165) is 10.9 Å². The molecule has 0 radical (unpaired) electrons. The summed E-state index contributed by atoms with van der Waals surface area (Å²) in [4.78, 5) is 21.3. The Morgan fingerprint density at radius 3 is 2.64 bits per heavy atom. The second kappa shape index (κ2) is 7.46. The van der Waals surface area contributed by atoms with Crippen molar-refractivity contribution in [3.63, 3.8) is 0 Å². The highest BCUT2D eigenvalue weighted by Crippen LogP contribution is 2.22. The summed E-state index contributed by atoms with van der Waals surface area (Å²) in [7, 11) is 0. The van der Waals surface area contributed by atoms with Gasteiger partial charge >= 0.3 is 0 Å². The number of benzene rings is 2. The lowest BCUT2D eigenvalue weighted by Crippen LogP contribution is -2.53. The molecule has 1 aromatic heterocycles. The molecule has 3 rings (SSSR count). The van der Waals surface area contributed by atoms with Crippen LogP contribution in [0.4, 0.5) is 11.5 Å². The molecule has 5 N–H and O–H groups in total. The summed E-state index contributed by atoms with van der Waals surface area (Å²) in [6.07, 6.45) is 0. The predicted molar refractivity (Wildman–Crippen MR) is 99.9 cm³/mol. The lowest BCUT2D eigenvalue weighted by atomic mass is 10.1. The fourth-order valence-electron chi connectivity index (χ4n) is 2.41. The first-order valence-electron chi connectivity index (χ1n) is 7.95. The van der Waals surface area contributed by atoms with Gasteiger partial charge in [0.15, 0.2) is 0 Å². The van der Waals surface area contributed by atoms with Gasteiger partial charge in [-0.2, -0.15) is 0 Å². The number of nitrogens with one attached hydrogen (secondary N) is 2. The van der Waals surface area contributed by atoms with Gasteiger partial charge in [-0.05, 0) is 43.3 Å². The minimum absolute atomic E-state index is 0.109. The minimum Gasteiger partial charge on any atom is -0.364 e. The van der Waals surface area contributed by atoms with Crippen molar-refractivity contribution >= 4 is 39.9 Å². The van der Waals surface area contributed by atoms with Gasteiger partial charge in [-0.1, -0.05) is 23.2 Å². The van der Waals surface area contributed by atoms with E-state index in [-0.39, 0.29) is 11.7 Å². The number of halogens is 1. The number of hydrogen-bond donors (Lipinski definition) is 3. The second-order valence-corrected chi connectivity index (χ2v) is 6.09. The van der Waals surface area contributed by atoms with E-state index < -0.39 is 0 Å². The minimum atomic E-state index is -0.373. The normalized spacial score (nSPS) is 10.7. The fraction of sp³-hybridized carbons (Fsp3) is 0.167. The third-order valence-electron chi connectivity index (χ3n) is 3.63. The molecule has 0 aliphatic rings. The third kappa shape index (κ3) is 4.04. The SMILES string of the molecule is Cc1ccc2nc(C(=O)Nc3ccc(Cl)cc3)nc(NCC[NH3+])c2c1. The van der Waals surface area contributed by atoms with E-state index in [0.29, 0.717) is 35.1 Å². The third-order valence-corrected chi connectivity index (χ3v) is 3.88. The number of rotatable bonds is 5. The molecule has 0 saturated carbocycles. The van der Waals surface area contributed by atoms with Gasteiger partial charge in [-0.3, -0.25) is 4.79 Å². The first kappa shape index (κ1) is 17.1. The zero-order chi connectivity index (χ0) is 17.8. The van der Waals surface area contributed by atoms with Crippen molar-refractivity contribution in [2.75, 3.05) is 23.7 Å². The maximum atomic E-state index is 12.5. The topological polar surface area (TPSA) is 94.5 Å². The number of aromatic nitrogens is 2. The number of hydrogen-bond acceptors (Lipinski definition) is 4. The molecule has 0 atom stereocenters. The number of carbonyl (C=O) groups excluding carboxylic acids is 1. The fourth-order valence-corrected chi connectivity index (χ4v) is 2.53. The Bertz CT molecular complexity index is 911. The smallest absolute Gasteiger partial charge is 0.293 e. The summed E-state index contributed by atoms with van der Waals surface area (Å²) in [6.45, 7) is 3.38. The van der Waals surface area contributed by atoms with Crippen LogP contribution in [0.15, 0.2) is 42.5 Å². The summed E-state index contributed by atoms with van der Waals surface area (Å²) in [6, 6.07) is 12.7. The van der Waals surface area contributed by atoms with Crippen LogP contribution in [0.5, 0.6) is 0 Å². The Kier molecular flexibility index (Phi) is 5.11. The van der Waals surface area contributed by atoms with Crippen LogP contribution in [-0.4, -0.2) is 29.0 Å². The standard InChI is InChI=1S/C18H18ClN5O/c1-11-2-7-15-14(10-11)16(21-9-8-20)24-17(23-15)18(25)22-13-5-3-12(19)4-6-13/h2-7,10H,8-9,20H2,1H3,(H,22,25)(H,21,23,24)/p+1. The van der Waals surface area contributed by atoms with Crippen molar-refractivity contribution in [2.24, 2.45) is 0 Å². The quantitative estimate of drug-likeness (QED) is 0.654. The van der Waals surface area contributed by atoms with E-state index in [1.807, 2.05) is 25.1 Å². The Balaban J connectivity index is 1.96. The van der Waals surface area contributed by atoms with Crippen molar-refractivity contribution in [3.05, 3.63) is 58.9 Å². The van der Waals surface area contributed by atoms with Crippen molar-refractivity contribution in [1.29, 1.82) is 0 Å². The highest BCUT2D eigenvalue weighted by Gasteiger charge is 2.14. The summed E-state index contributed by atoms with van der Waals surface area (Å²) in [5.41, 5.74) is 6.28. The van der Waals surface area contributed by atoms with Crippen LogP contribution in [0.25, 0.3) is 10.9 Å². The van der Waals surface area contributed by atoms with E-state index in [1.54, 1.807) is 24.3 Å². The van der Waals surface area contributed by atoms with Gasteiger partial charge in [0.05, 0.1) is 18.6 Å². The lowest BCUT2D eigenvalue weighted by Gasteiger charge is -2.11. The largest absolute Gasteiger partial charge is 0.364 e. The van der Waals surface area contributed by atoms with Crippen LogP contribution in [0.2, 0.25) is 5.02 Å². The summed E-state index contributed by atoms with van der Waals surface area (Å²) in [5, 5.41) is 7.49. The molecule has 128 valence electrons. The van der Waals surface area contributed by atoms with Crippen molar-refractivity contribution in [2.45, 2.75) is 6.92 Å². The number of nitrogens with zero attached hydrogens (tertiary/aromatic N) is 2. The van der Waals surface area contributed by atoms with Gasteiger partial charge < -0.3 is 16.4 Å². The van der Waals surface area contributed by atoms with Gasteiger partial charge in [0, 0.05) is 16.1 Å². The average Bonchev–Trinajstić information content (AvgIpc) is 2.61. The van der Waals surface area contributed by atoms with Crippen molar-refractivity contribution in [1.82, 2.24) is 9.97 Å². The highest BCUT2D eigenvalue weighted by atomic mass is 35.5. The van der Waals surface area contributed by atoms with E-state index in [9.17, 15) is 4.79 Å². The lowest BCUT2D eigenvalue weighted by molar-refractivity contribution is -0.362. The molecule has 0 aliphatic carbocycles. The monoisotopic (exact) mass is 356 g/mol. The van der Waals surface area contributed by atoms with Gasteiger partial charge in [0.1, 0.15) is 5.82 Å². The maximum absolute atomic E-state index is 12.5. The molecule has 0 aliphatic heterocycles. The molecule has 1 heterocycles. The summed E-state index contributed by atoms with van der Waals surface area (Å²) >= 11 is 5.86. The van der Waals surface area contributed by atoms with E-state index in [2.05, 4.69) is 26.3 Å². The van der Waals surface area contributed by atoms with E-state index >= 15 is 0 Å². The molecule has 0 unspecified atom stereocenters. The molecule has 0 spiro atoms. The van der Waals surface area contributed by atoms with Gasteiger partial charge in [0.2, 0.25) is 5.82 Å². The molecule has 6 nitrogen and oxygen atoms in total. The molecule has 3 aromatic rings. The first-order chi connectivity index (χ1) is 12.1. The molecule has 0 fully saturated rings. The molecular weight excluding hydrogens is 338 g/mol. The number of fused-ring (bicyclic) bond motifs is 1.